The van der Waals surface area contributed by atoms with Gasteiger partial charge in [0, 0.05) is 19.1 Å². The number of benzene rings is 1. The van der Waals surface area contributed by atoms with E-state index < -0.39 is 5.82 Å². The third kappa shape index (κ3) is 2.58. The summed E-state index contributed by atoms with van der Waals surface area (Å²) in [4.78, 5) is 13.8. The van der Waals surface area contributed by atoms with Gasteiger partial charge in [-0.2, -0.15) is 0 Å². The number of nitrogens with zero attached hydrogens (tertiary/aromatic N) is 1. The topological polar surface area (TPSA) is 46.3 Å². The lowest BCUT2D eigenvalue weighted by molar-refractivity contribution is 0.0708. The molecule has 1 aromatic carbocycles. The quantitative estimate of drug-likeness (QED) is 0.836. The fraction of sp³-hybridized carbons (Fsp3) is 0.417. The molecule has 1 saturated heterocycles. The summed E-state index contributed by atoms with van der Waals surface area (Å²) in [6.45, 7) is 1.16. The van der Waals surface area contributed by atoms with Crippen molar-refractivity contribution in [2.45, 2.75) is 18.9 Å². The maximum absolute atomic E-state index is 13.3. The number of rotatable bonds is 1. The standard InChI is InChI=1S/C12H14ClFN2O/c13-11-9(4-1-5-10(11)14)12(17)16-6-2-3-8(15)7-16/h1,4-5,8H,2-3,6-7,15H2. The van der Waals surface area contributed by atoms with Crippen molar-refractivity contribution in [2.75, 3.05) is 13.1 Å². The van der Waals surface area contributed by atoms with E-state index in [4.69, 9.17) is 17.3 Å². The van der Waals surface area contributed by atoms with Gasteiger partial charge in [0.2, 0.25) is 0 Å². The molecule has 3 nitrogen and oxygen atoms in total. The first-order valence-electron chi connectivity index (χ1n) is 5.58. The second kappa shape index (κ2) is 5.02. The summed E-state index contributed by atoms with van der Waals surface area (Å²) in [5.41, 5.74) is 6.02. The maximum Gasteiger partial charge on any atom is 0.255 e. The molecule has 5 heteroatoms. The van der Waals surface area contributed by atoms with Crippen LogP contribution < -0.4 is 5.73 Å². The molecule has 0 bridgehead atoms. The summed E-state index contributed by atoms with van der Waals surface area (Å²) in [6, 6.07) is 4.26. The van der Waals surface area contributed by atoms with Crippen LogP contribution in [0.2, 0.25) is 5.02 Å². The van der Waals surface area contributed by atoms with E-state index in [1.807, 2.05) is 0 Å². The van der Waals surface area contributed by atoms with E-state index in [-0.39, 0.29) is 22.5 Å². The van der Waals surface area contributed by atoms with Gasteiger partial charge in [0.1, 0.15) is 5.82 Å². The normalized spacial score (nSPS) is 20.4. The molecule has 1 fully saturated rings. The second-order valence-corrected chi connectivity index (χ2v) is 4.63. The largest absolute Gasteiger partial charge is 0.337 e. The summed E-state index contributed by atoms with van der Waals surface area (Å²) in [6.07, 6.45) is 1.79. The van der Waals surface area contributed by atoms with Crippen molar-refractivity contribution in [1.29, 1.82) is 0 Å². The predicted octanol–water partition coefficient (Wildman–Crippen LogP) is 2.04. The Kier molecular flexibility index (Phi) is 3.64. The summed E-state index contributed by atoms with van der Waals surface area (Å²) < 4.78 is 13.3. The second-order valence-electron chi connectivity index (χ2n) is 4.25. The molecule has 0 radical (unpaired) electrons. The molecule has 1 heterocycles. The molecule has 1 aliphatic heterocycles. The molecule has 0 spiro atoms. The molecule has 1 aliphatic rings. The van der Waals surface area contributed by atoms with Crippen LogP contribution in [-0.2, 0) is 0 Å². The van der Waals surface area contributed by atoms with Crippen LogP contribution in [0, 0.1) is 5.82 Å². The van der Waals surface area contributed by atoms with E-state index in [9.17, 15) is 9.18 Å². The van der Waals surface area contributed by atoms with Crippen LogP contribution in [0.5, 0.6) is 0 Å². The van der Waals surface area contributed by atoms with E-state index in [0.717, 1.165) is 12.8 Å². The highest BCUT2D eigenvalue weighted by atomic mass is 35.5. The van der Waals surface area contributed by atoms with Crippen LogP contribution in [0.3, 0.4) is 0 Å². The van der Waals surface area contributed by atoms with E-state index >= 15 is 0 Å². The first-order valence-corrected chi connectivity index (χ1v) is 5.96. The number of likely N-dealkylation sites (tertiary alicyclic amines) is 1. The summed E-state index contributed by atoms with van der Waals surface area (Å²) in [7, 11) is 0. The fourth-order valence-corrected chi connectivity index (χ4v) is 2.24. The number of carbonyl (C=O) groups is 1. The molecule has 1 amide bonds. The Morgan fingerprint density at radius 3 is 3.00 bits per heavy atom. The molecular weight excluding hydrogens is 243 g/mol. The number of piperidine rings is 1. The molecule has 0 aromatic heterocycles. The molecular formula is C12H14ClFN2O. The van der Waals surface area contributed by atoms with Gasteiger partial charge in [0.15, 0.2) is 0 Å². The molecule has 17 heavy (non-hydrogen) atoms. The van der Waals surface area contributed by atoms with Crippen LogP contribution >= 0.6 is 11.6 Å². The molecule has 1 atom stereocenters. The van der Waals surface area contributed by atoms with Gasteiger partial charge in [0.05, 0.1) is 10.6 Å². The number of hydrogen-bond acceptors (Lipinski definition) is 2. The van der Waals surface area contributed by atoms with Gasteiger partial charge in [-0.05, 0) is 25.0 Å². The SMILES string of the molecule is NC1CCCN(C(=O)c2cccc(F)c2Cl)C1. The third-order valence-electron chi connectivity index (χ3n) is 2.93. The van der Waals surface area contributed by atoms with Gasteiger partial charge in [-0.1, -0.05) is 17.7 Å². The average molecular weight is 257 g/mol. The molecule has 2 rings (SSSR count). The van der Waals surface area contributed by atoms with Crippen molar-refractivity contribution < 1.29 is 9.18 Å². The van der Waals surface area contributed by atoms with Gasteiger partial charge in [0.25, 0.3) is 5.91 Å². The van der Waals surface area contributed by atoms with Crippen LogP contribution in [0.25, 0.3) is 0 Å². The van der Waals surface area contributed by atoms with Crippen molar-refractivity contribution in [3.63, 3.8) is 0 Å². The van der Waals surface area contributed by atoms with Gasteiger partial charge in [-0.3, -0.25) is 4.79 Å². The van der Waals surface area contributed by atoms with Crippen LogP contribution in [0.4, 0.5) is 4.39 Å². The highest BCUT2D eigenvalue weighted by molar-refractivity contribution is 6.34. The van der Waals surface area contributed by atoms with Crippen LogP contribution in [0.1, 0.15) is 23.2 Å². The number of amides is 1. The van der Waals surface area contributed by atoms with Crippen LogP contribution in [-0.4, -0.2) is 29.9 Å². The Hall–Kier alpha value is -1.13. The van der Waals surface area contributed by atoms with Crippen molar-refractivity contribution in [2.24, 2.45) is 5.73 Å². The van der Waals surface area contributed by atoms with E-state index in [1.54, 1.807) is 4.90 Å². The molecule has 0 aliphatic carbocycles. The Bertz CT molecular complexity index is 439. The lowest BCUT2D eigenvalue weighted by atomic mass is 10.1. The zero-order chi connectivity index (χ0) is 12.4. The Morgan fingerprint density at radius 2 is 2.29 bits per heavy atom. The minimum atomic E-state index is -0.571. The van der Waals surface area contributed by atoms with Gasteiger partial charge < -0.3 is 10.6 Å². The highest BCUT2D eigenvalue weighted by Gasteiger charge is 2.24. The molecule has 1 aromatic rings. The van der Waals surface area contributed by atoms with E-state index in [0.29, 0.717) is 13.1 Å². The third-order valence-corrected chi connectivity index (χ3v) is 3.31. The minimum Gasteiger partial charge on any atom is -0.337 e. The zero-order valence-electron chi connectivity index (χ0n) is 9.33. The molecule has 92 valence electrons. The molecule has 0 saturated carbocycles. The Labute approximate surface area is 104 Å². The number of carbonyl (C=O) groups excluding carboxylic acids is 1. The van der Waals surface area contributed by atoms with Crippen molar-refractivity contribution in [1.82, 2.24) is 4.90 Å². The van der Waals surface area contributed by atoms with Gasteiger partial charge in [-0.15, -0.1) is 0 Å². The lowest BCUT2D eigenvalue weighted by Gasteiger charge is -2.31. The first-order chi connectivity index (χ1) is 8.09. The Morgan fingerprint density at radius 1 is 1.53 bits per heavy atom. The monoisotopic (exact) mass is 256 g/mol. The number of nitrogens with two attached hydrogens (primary N) is 1. The summed E-state index contributed by atoms with van der Waals surface area (Å²) in [5, 5.41) is -0.114. The van der Waals surface area contributed by atoms with Crippen molar-refractivity contribution in [3.05, 3.63) is 34.6 Å². The zero-order valence-corrected chi connectivity index (χ0v) is 10.1. The minimum absolute atomic E-state index is 0.0000321. The molecule has 1 unspecified atom stereocenters. The van der Waals surface area contributed by atoms with Crippen molar-refractivity contribution in [3.8, 4) is 0 Å². The molecule has 2 N–H and O–H groups in total. The Balaban J connectivity index is 2.22. The fourth-order valence-electron chi connectivity index (χ4n) is 2.03. The van der Waals surface area contributed by atoms with Crippen LogP contribution in [0.15, 0.2) is 18.2 Å². The lowest BCUT2D eigenvalue weighted by Crippen LogP contribution is -2.45. The number of halogens is 2. The average Bonchev–Trinajstić information content (AvgIpc) is 2.32. The predicted molar refractivity (Wildman–Crippen MR) is 64.5 cm³/mol. The summed E-state index contributed by atoms with van der Waals surface area (Å²) in [5.74, 6) is -0.816. The summed E-state index contributed by atoms with van der Waals surface area (Å²) >= 11 is 5.79. The first kappa shape index (κ1) is 12.3. The van der Waals surface area contributed by atoms with Crippen molar-refractivity contribution >= 4 is 17.5 Å². The number of hydrogen-bond donors (Lipinski definition) is 1. The van der Waals surface area contributed by atoms with E-state index in [1.165, 1.54) is 18.2 Å². The van der Waals surface area contributed by atoms with Gasteiger partial charge in [-0.25, -0.2) is 4.39 Å². The van der Waals surface area contributed by atoms with Gasteiger partial charge >= 0.3 is 0 Å². The highest BCUT2D eigenvalue weighted by Crippen LogP contribution is 2.22. The maximum atomic E-state index is 13.3. The smallest absolute Gasteiger partial charge is 0.255 e. The van der Waals surface area contributed by atoms with E-state index in [2.05, 4.69) is 0 Å².